The topological polar surface area (TPSA) is 52.4 Å². The number of hydrogen-bond acceptors (Lipinski definition) is 3. The molecule has 0 fully saturated rings. The van der Waals surface area contributed by atoms with Crippen LogP contribution in [0.25, 0.3) is 5.65 Å². The third-order valence-corrected chi connectivity index (χ3v) is 4.87. The number of rotatable bonds is 3. The Kier molecular flexibility index (Phi) is 4.25. The number of nitrogens with one attached hydrogen (secondary N) is 1. The zero-order valence-corrected chi connectivity index (χ0v) is 13.9. The molecule has 0 aromatic carbocycles. The number of halogens is 1. The highest BCUT2D eigenvalue weighted by atomic mass is 79.9. The quantitative estimate of drug-likeness (QED) is 0.870. The Morgan fingerprint density at radius 1 is 1.37 bits per heavy atom. The van der Waals surface area contributed by atoms with Crippen LogP contribution in [0.3, 0.4) is 0 Å². The third-order valence-electron chi connectivity index (χ3n) is 2.72. The molecule has 6 heteroatoms. The molecule has 2 heterocycles. The van der Waals surface area contributed by atoms with Crippen LogP contribution < -0.4 is 4.72 Å². The smallest absolute Gasteiger partial charge is 0.137 e. The Hall–Kier alpha value is -0.560. The second kappa shape index (κ2) is 5.44. The number of fused-ring (bicyclic) bond motifs is 1. The summed E-state index contributed by atoms with van der Waals surface area (Å²) in [5, 5.41) is 0. The van der Waals surface area contributed by atoms with Gasteiger partial charge < -0.3 is 8.95 Å². The standard InChI is InChI=1S/C13H18BrN3OS/c1-9(16-19(18)13(2,3)4)11-8-17-7-10(14)5-6-12(17)15-11/h5-9,16H,1-4H3/t9?,19-/m0/s1. The van der Waals surface area contributed by atoms with Gasteiger partial charge in [0.05, 0.1) is 11.7 Å². The molecule has 0 aliphatic carbocycles. The fourth-order valence-electron chi connectivity index (χ4n) is 1.59. The van der Waals surface area contributed by atoms with Crippen LogP contribution in [0.5, 0.6) is 0 Å². The van der Waals surface area contributed by atoms with Gasteiger partial charge in [-0.15, -0.1) is 4.72 Å². The minimum Gasteiger partial charge on any atom is -0.598 e. The van der Waals surface area contributed by atoms with Crippen molar-refractivity contribution in [2.24, 2.45) is 0 Å². The van der Waals surface area contributed by atoms with Crippen LogP contribution in [-0.4, -0.2) is 18.7 Å². The Labute approximate surface area is 125 Å². The highest BCUT2D eigenvalue weighted by Gasteiger charge is 2.28. The number of aromatic nitrogens is 2. The highest BCUT2D eigenvalue weighted by molar-refractivity contribution is 9.10. The van der Waals surface area contributed by atoms with E-state index < -0.39 is 11.4 Å². The predicted octanol–water partition coefficient (Wildman–Crippen LogP) is 3.21. The Bertz CT molecular complexity index is 579. The van der Waals surface area contributed by atoms with E-state index in [-0.39, 0.29) is 10.8 Å². The maximum Gasteiger partial charge on any atom is 0.137 e. The molecule has 2 atom stereocenters. The molecule has 0 saturated carbocycles. The van der Waals surface area contributed by atoms with Crippen LogP contribution in [0.15, 0.2) is 29.0 Å². The fraction of sp³-hybridized carbons (Fsp3) is 0.462. The molecule has 0 bridgehead atoms. The average molecular weight is 344 g/mol. The zero-order valence-electron chi connectivity index (χ0n) is 11.5. The Morgan fingerprint density at radius 2 is 2.05 bits per heavy atom. The van der Waals surface area contributed by atoms with Gasteiger partial charge in [-0.25, -0.2) is 4.98 Å². The van der Waals surface area contributed by atoms with Crippen LogP contribution in [0.2, 0.25) is 0 Å². The van der Waals surface area contributed by atoms with Crippen molar-refractivity contribution in [2.45, 2.75) is 38.5 Å². The Morgan fingerprint density at radius 3 is 2.68 bits per heavy atom. The first-order valence-corrected chi connectivity index (χ1v) is 8.04. The third kappa shape index (κ3) is 3.51. The van der Waals surface area contributed by atoms with E-state index in [1.807, 2.05) is 56.6 Å². The molecule has 0 spiro atoms. The lowest BCUT2D eigenvalue weighted by molar-refractivity contribution is 0.529. The van der Waals surface area contributed by atoms with Gasteiger partial charge in [-0.05, 0) is 55.8 Å². The first-order valence-electron chi connectivity index (χ1n) is 6.09. The summed E-state index contributed by atoms with van der Waals surface area (Å²) in [4.78, 5) is 4.53. The van der Waals surface area contributed by atoms with Crippen molar-refractivity contribution in [3.05, 3.63) is 34.7 Å². The van der Waals surface area contributed by atoms with E-state index in [2.05, 4.69) is 25.6 Å². The van der Waals surface area contributed by atoms with Gasteiger partial charge in [0.15, 0.2) is 0 Å². The van der Waals surface area contributed by atoms with E-state index in [9.17, 15) is 4.55 Å². The molecule has 0 radical (unpaired) electrons. The highest BCUT2D eigenvalue weighted by Crippen LogP contribution is 2.20. The second-order valence-corrected chi connectivity index (χ2v) is 8.41. The fourth-order valence-corrected chi connectivity index (χ4v) is 2.74. The molecule has 0 amide bonds. The van der Waals surface area contributed by atoms with Crippen molar-refractivity contribution < 1.29 is 4.55 Å². The lowest BCUT2D eigenvalue weighted by Crippen LogP contribution is -2.40. The molecule has 1 unspecified atom stereocenters. The van der Waals surface area contributed by atoms with Crippen LogP contribution in [0.4, 0.5) is 0 Å². The summed E-state index contributed by atoms with van der Waals surface area (Å²) < 4.78 is 17.8. The van der Waals surface area contributed by atoms with Crippen molar-refractivity contribution in [3.63, 3.8) is 0 Å². The molecule has 0 aliphatic heterocycles. The van der Waals surface area contributed by atoms with Gasteiger partial charge in [0, 0.05) is 28.2 Å². The largest absolute Gasteiger partial charge is 0.598 e. The van der Waals surface area contributed by atoms with Gasteiger partial charge in [-0.2, -0.15) is 0 Å². The molecule has 2 aromatic heterocycles. The number of hydrogen-bond donors (Lipinski definition) is 1. The summed E-state index contributed by atoms with van der Waals surface area (Å²) in [6.45, 7) is 7.82. The molecular formula is C13H18BrN3OS. The van der Waals surface area contributed by atoms with Gasteiger partial charge in [0.1, 0.15) is 10.4 Å². The predicted molar refractivity (Wildman–Crippen MR) is 82.3 cm³/mol. The first kappa shape index (κ1) is 14.8. The van der Waals surface area contributed by atoms with E-state index in [0.29, 0.717) is 0 Å². The van der Waals surface area contributed by atoms with Crippen molar-refractivity contribution in [1.82, 2.24) is 14.1 Å². The molecule has 4 nitrogen and oxygen atoms in total. The summed E-state index contributed by atoms with van der Waals surface area (Å²) in [7, 11) is 0. The maximum atomic E-state index is 12.1. The van der Waals surface area contributed by atoms with Crippen LogP contribution >= 0.6 is 15.9 Å². The molecule has 2 rings (SSSR count). The van der Waals surface area contributed by atoms with Crippen molar-refractivity contribution in [2.75, 3.05) is 0 Å². The van der Waals surface area contributed by atoms with Gasteiger partial charge in [0.2, 0.25) is 0 Å². The molecule has 0 aliphatic rings. The summed E-state index contributed by atoms with van der Waals surface area (Å²) >= 11 is 2.33. The second-order valence-electron chi connectivity index (χ2n) is 5.50. The minimum absolute atomic E-state index is 0.0567. The van der Waals surface area contributed by atoms with E-state index in [0.717, 1.165) is 15.8 Å². The van der Waals surface area contributed by atoms with E-state index in [1.54, 1.807) is 0 Å². The van der Waals surface area contributed by atoms with Crippen molar-refractivity contribution in [1.29, 1.82) is 0 Å². The van der Waals surface area contributed by atoms with Gasteiger partial charge >= 0.3 is 0 Å². The summed E-state index contributed by atoms with van der Waals surface area (Å²) in [6, 6.07) is 3.84. The average Bonchev–Trinajstić information content (AvgIpc) is 2.70. The van der Waals surface area contributed by atoms with Crippen LogP contribution in [0, 0.1) is 0 Å². The number of nitrogens with zero attached hydrogens (tertiary/aromatic N) is 2. The summed E-state index contributed by atoms with van der Waals surface area (Å²) in [5.74, 6) is 0. The van der Waals surface area contributed by atoms with E-state index in [4.69, 9.17) is 0 Å². The van der Waals surface area contributed by atoms with Crippen LogP contribution in [-0.2, 0) is 11.4 Å². The van der Waals surface area contributed by atoms with E-state index in [1.165, 1.54) is 0 Å². The minimum atomic E-state index is -1.10. The number of imidazole rings is 1. The van der Waals surface area contributed by atoms with Gasteiger partial charge in [-0.1, -0.05) is 0 Å². The first-order chi connectivity index (χ1) is 8.77. The molecule has 0 saturated heterocycles. The molecule has 1 N–H and O–H groups in total. The van der Waals surface area contributed by atoms with Gasteiger partial charge in [0.25, 0.3) is 0 Å². The lowest BCUT2D eigenvalue weighted by Gasteiger charge is -2.25. The SMILES string of the molecule is CC(N[S@@+]([O-])C(C)(C)C)c1cn2cc(Br)ccc2n1. The molecule has 19 heavy (non-hydrogen) atoms. The van der Waals surface area contributed by atoms with Crippen LogP contribution in [0.1, 0.15) is 39.4 Å². The molecule has 2 aromatic rings. The number of pyridine rings is 1. The van der Waals surface area contributed by atoms with Gasteiger partial charge in [-0.3, -0.25) is 0 Å². The zero-order chi connectivity index (χ0) is 14.2. The summed E-state index contributed by atoms with van der Waals surface area (Å²) in [6.07, 6.45) is 3.91. The normalized spacial score (nSPS) is 15.7. The van der Waals surface area contributed by atoms with Crippen molar-refractivity contribution >= 4 is 32.9 Å². The monoisotopic (exact) mass is 343 g/mol. The maximum absolute atomic E-state index is 12.1. The lowest BCUT2D eigenvalue weighted by atomic mass is 10.3. The molecule has 104 valence electrons. The van der Waals surface area contributed by atoms with Crippen molar-refractivity contribution in [3.8, 4) is 0 Å². The Balaban J connectivity index is 2.20. The molecular weight excluding hydrogens is 326 g/mol. The summed E-state index contributed by atoms with van der Waals surface area (Å²) in [5.41, 5.74) is 1.77. The van der Waals surface area contributed by atoms with E-state index >= 15 is 0 Å².